The van der Waals surface area contributed by atoms with E-state index in [0.29, 0.717) is 21.7 Å². The van der Waals surface area contributed by atoms with Crippen LogP contribution in [0, 0.1) is 5.82 Å². The van der Waals surface area contributed by atoms with E-state index < -0.39 is 5.82 Å². The number of hydrogen-bond donors (Lipinski definition) is 1. The summed E-state index contributed by atoms with van der Waals surface area (Å²) in [4.78, 5) is 4.12. The van der Waals surface area contributed by atoms with Crippen LogP contribution in [-0.4, -0.2) is 16.2 Å². The van der Waals surface area contributed by atoms with Gasteiger partial charge < -0.3 is 15.0 Å². The fourth-order valence-corrected chi connectivity index (χ4v) is 2.47. The largest absolute Gasteiger partial charge is 0.488 e. The summed E-state index contributed by atoms with van der Waals surface area (Å²) in [6.07, 6.45) is 3.32. The number of ether oxygens (including phenoxy) is 1. The van der Waals surface area contributed by atoms with E-state index in [2.05, 4.69) is 26.1 Å². The van der Waals surface area contributed by atoms with Crippen molar-refractivity contribution in [2.24, 2.45) is 5.73 Å². The molecule has 0 radical (unpaired) electrons. The molecule has 1 aromatic heterocycles. The van der Waals surface area contributed by atoms with E-state index in [1.165, 1.54) is 12.1 Å². The van der Waals surface area contributed by atoms with Gasteiger partial charge in [-0.3, -0.25) is 0 Å². The molecule has 0 atom stereocenters. The van der Waals surface area contributed by atoms with E-state index in [0.717, 1.165) is 19.3 Å². The van der Waals surface area contributed by atoms with Gasteiger partial charge in [-0.1, -0.05) is 5.16 Å². The van der Waals surface area contributed by atoms with Crippen LogP contribution < -0.4 is 10.5 Å². The Morgan fingerprint density at radius 2 is 2.25 bits per heavy atom. The molecule has 106 valence electrons. The van der Waals surface area contributed by atoms with E-state index in [-0.39, 0.29) is 18.5 Å². The van der Waals surface area contributed by atoms with Crippen LogP contribution in [0.15, 0.2) is 21.1 Å². The fourth-order valence-electron chi connectivity index (χ4n) is 1.95. The van der Waals surface area contributed by atoms with Crippen LogP contribution in [0.2, 0.25) is 0 Å². The molecule has 0 aliphatic heterocycles. The van der Waals surface area contributed by atoms with Gasteiger partial charge in [0.05, 0.1) is 22.7 Å². The SMILES string of the molecule is NCc1nc(-c2cc(F)cc(Br)c2OC2CCC2)no1. The number of benzene rings is 1. The molecule has 1 aliphatic rings. The third-order valence-corrected chi connectivity index (χ3v) is 3.82. The Kier molecular flexibility index (Phi) is 3.71. The Morgan fingerprint density at radius 3 is 2.85 bits per heavy atom. The van der Waals surface area contributed by atoms with Gasteiger partial charge in [0, 0.05) is 0 Å². The first kappa shape index (κ1) is 13.5. The van der Waals surface area contributed by atoms with Crippen molar-refractivity contribution in [2.75, 3.05) is 0 Å². The van der Waals surface area contributed by atoms with E-state index in [4.69, 9.17) is 15.0 Å². The summed E-state index contributed by atoms with van der Waals surface area (Å²) in [5.41, 5.74) is 5.90. The minimum atomic E-state index is -0.396. The number of rotatable bonds is 4. The van der Waals surface area contributed by atoms with Crippen LogP contribution in [0.5, 0.6) is 5.75 Å². The van der Waals surface area contributed by atoms with Crippen LogP contribution in [0.4, 0.5) is 4.39 Å². The van der Waals surface area contributed by atoms with Crippen LogP contribution in [0.3, 0.4) is 0 Å². The second-order valence-electron chi connectivity index (χ2n) is 4.65. The number of halogens is 2. The van der Waals surface area contributed by atoms with Gasteiger partial charge >= 0.3 is 0 Å². The van der Waals surface area contributed by atoms with Crippen molar-refractivity contribution in [3.05, 3.63) is 28.3 Å². The normalized spacial score (nSPS) is 15.2. The molecule has 1 saturated carbocycles. The number of nitrogens with two attached hydrogens (primary N) is 1. The Balaban J connectivity index is 2.02. The molecule has 7 heteroatoms. The standard InChI is InChI=1S/C13H13BrFN3O2/c14-10-5-7(15)4-9(12(10)19-8-2-1-3-8)13-17-11(6-16)20-18-13/h4-5,8H,1-3,6,16H2. The maximum atomic E-state index is 13.6. The zero-order chi connectivity index (χ0) is 14.1. The molecule has 0 spiro atoms. The van der Waals surface area contributed by atoms with Gasteiger partial charge in [0.2, 0.25) is 11.7 Å². The highest BCUT2D eigenvalue weighted by molar-refractivity contribution is 9.10. The monoisotopic (exact) mass is 341 g/mol. The number of nitrogens with zero attached hydrogens (tertiary/aromatic N) is 2. The lowest BCUT2D eigenvalue weighted by Crippen LogP contribution is -2.25. The predicted octanol–water partition coefficient (Wildman–Crippen LogP) is 3.03. The molecule has 0 unspecified atom stereocenters. The summed E-state index contributed by atoms with van der Waals surface area (Å²) in [6.45, 7) is 0.141. The van der Waals surface area contributed by atoms with Gasteiger partial charge in [0.1, 0.15) is 11.6 Å². The Bertz CT molecular complexity index is 628. The van der Waals surface area contributed by atoms with Crippen molar-refractivity contribution in [3.8, 4) is 17.1 Å². The third-order valence-electron chi connectivity index (χ3n) is 3.23. The van der Waals surface area contributed by atoms with Crippen molar-refractivity contribution in [1.29, 1.82) is 0 Å². The first-order chi connectivity index (χ1) is 9.67. The average molecular weight is 342 g/mol. The van der Waals surface area contributed by atoms with Crippen molar-refractivity contribution < 1.29 is 13.7 Å². The summed E-state index contributed by atoms with van der Waals surface area (Å²) in [5, 5.41) is 3.82. The molecule has 0 amide bonds. The quantitative estimate of drug-likeness (QED) is 0.925. The van der Waals surface area contributed by atoms with Crippen LogP contribution >= 0.6 is 15.9 Å². The second-order valence-corrected chi connectivity index (χ2v) is 5.51. The highest BCUT2D eigenvalue weighted by atomic mass is 79.9. The summed E-state index contributed by atoms with van der Waals surface area (Å²) in [6, 6.07) is 2.70. The van der Waals surface area contributed by atoms with Crippen LogP contribution in [0.25, 0.3) is 11.4 Å². The van der Waals surface area contributed by atoms with Crippen molar-refractivity contribution >= 4 is 15.9 Å². The van der Waals surface area contributed by atoms with E-state index in [1.54, 1.807) is 0 Å². The summed E-state index contributed by atoms with van der Waals surface area (Å²) in [7, 11) is 0. The molecular weight excluding hydrogens is 329 g/mol. The molecule has 1 fully saturated rings. The summed E-state index contributed by atoms with van der Waals surface area (Å²) >= 11 is 3.33. The maximum absolute atomic E-state index is 13.6. The fraction of sp³-hybridized carbons (Fsp3) is 0.385. The molecule has 2 aromatic rings. The summed E-state index contributed by atoms with van der Waals surface area (Å²) < 4.78 is 25.0. The highest BCUT2D eigenvalue weighted by Crippen LogP contribution is 2.39. The molecule has 1 heterocycles. The number of aromatic nitrogens is 2. The Hall–Kier alpha value is -1.47. The molecule has 2 N–H and O–H groups in total. The van der Waals surface area contributed by atoms with Crippen LogP contribution in [-0.2, 0) is 6.54 Å². The minimum absolute atomic E-state index is 0.141. The van der Waals surface area contributed by atoms with Gasteiger partial charge in [-0.05, 0) is 47.3 Å². The minimum Gasteiger partial charge on any atom is -0.488 e. The number of hydrogen-bond acceptors (Lipinski definition) is 5. The lowest BCUT2D eigenvalue weighted by Gasteiger charge is -2.27. The van der Waals surface area contributed by atoms with E-state index in [1.807, 2.05) is 0 Å². The van der Waals surface area contributed by atoms with Gasteiger partial charge in [-0.2, -0.15) is 4.98 Å². The molecule has 1 aromatic carbocycles. The van der Waals surface area contributed by atoms with E-state index >= 15 is 0 Å². The Labute approximate surface area is 123 Å². The maximum Gasteiger partial charge on any atom is 0.240 e. The molecule has 1 aliphatic carbocycles. The Morgan fingerprint density at radius 1 is 1.45 bits per heavy atom. The average Bonchev–Trinajstić information content (AvgIpc) is 2.83. The van der Waals surface area contributed by atoms with Gasteiger partial charge in [-0.25, -0.2) is 4.39 Å². The van der Waals surface area contributed by atoms with Gasteiger partial charge in [0.25, 0.3) is 0 Å². The highest BCUT2D eigenvalue weighted by Gasteiger charge is 2.24. The molecule has 0 saturated heterocycles. The van der Waals surface area contributed by atoms with Gasteiger partial charge in [-0.15, -0.1) is 0 Å². The van der Waals surface area contributed by atoms with E-state index in [9.17, 15) is 4.39 Å². The smallest absolute Gasteiger partial charge is 0.240 e. The first-order valence-electron chi connectivity index (χ1n) is 6.36. The van der Waals surface area contributed by atoms with Crippen molar-refractivity contribution in [1.82, 2.24) is 10.1 Å². The lowest BCUT2D eigenvalue weighted by atomic mass is 9.96. The summed E-state index contributed by atoms with van der Waals surface area (Å²) in [5.74, 6) is 0.724. The second kappa shape index (κ2) is 5.49. The van der Waals surface area contributed by atoms with Crippen molar-refractivity contribution in [3.63, 3.8) is 0 Å². The molecule has 3 rings (SSSR count). The lowest BCUT2D eigenvalue weighted by molar-refractivity contribution is 0.120. The van der Waals surface area contributed by atoms with Crippen molar-refractivity contribution in [2.45, 2.75) is 31.9 Å². The van der Waals surface area contributed by atoms with Crippen LogP contribution in [0.1, 0.15) is 25.2 Å². The van der Waals surface area contributed by atoms with Gasteiger partial charge in [0.15, 0.2) is 0 Å². The zero-order valence-electron chi connectivity index (χ0n) is 10.6. The molecular formula is C13H13BrFN3O2. The molecule has 0 bridgehead atoms. The topological polar surface area (TPSA) is 74.2 Å². The third kappa shape index (κ3) is 2.55. The molecule has 5 nitrogen and oxygen atoms in total. The molecule has 20 heavy (non-hydrogen) atoms. The predicted molar refractivity (Wildman–Crippen MR) is 73.6 cm³/mol. The zero-order valence-corrected chi connectivity index (χ0v) is 12.2. The first-order valence-corrected chi connectivity index (χ1v) is 7.15.